The molecule has 1 saturated carbocycles. The lowest BCUT2D eigenvalue weighted by molar-refractivity contribution is 0.129. The topological polar surface area (TPSA) is 9.23 Å². The van der Waals surface area contributed by atoms with Gasteiger partial charge in [0.15, 0.2) is 0 Å². The van der Waals surface area contributed by atoms with Crippen LogP contribution in [0.4, 0.5) is 0 Å². The van der Waals surface area contributed by atoms with Crippen LogP contribution in [0.1, 0.15) is 50.2 Å². The second-order valence-electron chi connectivity index (χ2n) is 5.44. The Hall–Kier alpha value is -0.980. The summed E-state index contributed by atoms with van der Waals surface area (Å²) >= 11 is 0. The van der Waals surface area contributed by atoms with Crippen LogP contribution in [0.25, 0.3) is 0 Å². The molecule has 0 heterocycles. The van der Waals surface area contributed by atoms with Crippen LogP contribution in [0.5, 0.6) is 5.75 Å². The maximum atomic E-state index is 6.13. The fourth-order valence-electron chi connectivity index (χ4n) is 2.77. The van der Waals surface area contributed by atoms with Crippen molar-refractivity contribution < 1.29 is 4.74 Å². The van der Waals surface area contributed by atoms with E-state index >= 15 is 0 Å². The molecule has 0 bridgehead atoms. The number of hydrogen-bond donors (Lipinski definition) is 0. The summed E-state index contributed by atoms with van der Waals surface area (Å²) in [5, 5.41) is 0. The Bertz CT molecular complexity index is 362. The second-order valence-corrected chi connectivity index (χ2v) is 5.44. The molecule has 1 aromatic carbocycles. The molecule has 0 spiro atoms. The average Bonchev–Trinajstić information content (AvgIpc) is 2.34. The van der Waals surface area contributed by atoms with E-state index in [9.17, 15) is 0 Å². The highest BCUT2D eigenvalue weighted by atomic mass is 16.5. The van der Waals surface area contributed by atoms with Gasteiger partial charge in [-0.05, 0) is 57.1 Å². The molecule has 0 radical (unpaired) electrons. The Morgan fingerprint density at radius 1 is 1.12 bits per heavy atom. The van der Waals surface area contributed by atoms with E-state index in [1.807, 2.05) is 0 Å². The van der Waals surface area contributed by atoms with Crippen LogP contribution < -0.4 is 4.74 Å². The zero-order chi connectivity index (χ0) is 12.3. The van der Waals surface area contributed by atoms with Crippen molar-refractivity contribution in [1.82, 2.24) is 0 Å². The minimum absolute atomic E-state index is 0.444. The third-order valence-electron chi connectivity index (χ3n) is 4.00. The molecule has 2 rings (SSSR count). The van der Waals surface area contributed by atoms with Gasteiger partial charge in [-0.1, -0.05) is 31.0 Å². The molecule has 94 valence electrons. The molecule has 1 heteroatoms. The molecule has 1 aliphatic carbocycles. The second kappa shape index (κ2) is 5.57. The zero-order valence-corrected chi connectivity index (χ0v) is 11.3. The fraction of sp³-hybridized carbons (Fsp3) is 0.625. The minimum Gasteiger partial charge on any atom is -0.490 e. The monoisotopic (exact) mass is 232 g/mol. The summed E-state index contributed by atoms with van der Waals surface area (Å²) in [6.45, 7) is 6.57. The van der Waals surface area contributed by atoms with Crippen molar-refractivity contribution in [3.63, 3.8) is 0 Å². The predicted molar refractivity (Wildman–Crippen MR) is 72.6 cm³/mol. The van der Waals surface area contributed by atoms with Crippen LogP contribution in [0.2, 0.25) is 0 Å². The van der Waals surface area contributed by atoms with Crippen LogP contribution in [0, 0.1) is 19.8 Å². The first-order valence-electron chi connectivity index (χ1n) is 6.93. The van der Waals surface area contributed by atoms with E-state index in [-0.39, 0.29) is 0 Å². The lowest BCUT2D eigenvalue weighted by atomic mass is 9.86. The van der Waals surface area contributed by atoms with Crippen molar-refractivity contribution in [2.75, 3.05) is 0 Å². The van der Waals surface area contributed by atoms with Gasteiger partial charge >= 0.3 is 0 Å². The number of hydrogen-bond acceptors (Lipinski definition) is 1. The number of benzene rings is 1. The molecule has 0 unspecified atom stereocenters. The molecule has 1 aromatic rings. The lowest BCUT2D eigenvalue weighted by Crippen LogP contribution is -2.24. The molecule has 0 saturated heterocycles. The summed E-state index contributed by atoms with van der Waals surface area (Å²) in [5.41, 5.74) is 2.58. The van der Waals surface area contributed by atoms with Gasteiger partial charge in [-0.2, -0.15) is 0 Å². The fourth-order valence-corrected chi connectivity index (χ4v) is 2.77. The summed E-state index contributed by atoms with van der Waals surface area (Å²) < 4.78 is 6.13. The number of ether oxygens (including phenoxy) is 1. The molecule has 0 atom stereocenters. The Morgan fingerprint density at radius 3 is 2.41 bits per heavy atom. The SMILES string of the molecule is CCC1CCC(Oc2ccc(C)cc2C)CC1. The Balaban J connectivity index is 1.93. The van der Waals surface area contributed by atoms with Crippen LogP contribution in [-0.4, -0.2) is 6.10 Å². The molecule has 0 aromatic heterocycles. The van der Waals surface area contributed by atoms with E-state index in [4.69, 9.17) is 4.74 Å². The van der Waals surface area contributed by atoms with Crippen LogP contribution in [0.3, 0.4) is 0 Å². The van der Waals surface area contributed by atoms with E-state index in [1.54, 1.807) is 0 Å². The summed E-state index contributed by atoms with van der Waals surface area (Å²) in [6, 6.07) is 6.46. The van der Waals surface area contributed by atoms with Gasteiger partial charge in [0.05, 0.1) is 6.10 Å². The van der Waals surface area contributed by atoms with Gasteiger partial charge in [0.2, 0.25) is 0 Å². The molecular formula is C16H24O. The van der Waals surface area contributed by atoms with Crippen LogP contribution >= 0.6 is 0 Å². The van der Waals surface area contributed by atoms with Crippen molar-refractivity contribution in [2.24, 2.45) is 5.92 Å². The van der Waals surface area contributed by atoms with Gasteiger partial charge in [-0.25, -0.2) is 0 Å². The number of aryl methyl sites for hydroxylation is 2. The van der Waals surface area contributed by atoms with Crippen molar-refractivity contribution in [3.05, 3.63) is 29.3 Å². The van der Waals surface area contributed by atoms with E-state index in [0.717, 1.165) is 11.7 Å². The van der Waals surface area contributed by atoms with Crippen LogP contribution in [0.15, 0.2) is 18.2 Å². The largest absolute Gasteiger partial charge is 0.490 e. The standard InChI is InChI=1S/C16H24O/c1-4-14-6-8-15(9-7-14)17-16-10-5-12(2)11-13(16)3/h5,10-11,14-15H,4,6-9H2,1-3H3. The quantitative estimate of drug-likeness (QED) is 0.737. The zero-order valence-electron chi connectivity index (χ0n) is 11.3. The van der Waals surface area contributed by atoms with E-state index in [2.05, 4.69) is 39.0 Å². The highest BCUT2D eigenvalue weighted by molar-refractivity contribution is 5.35. The molecule has 17 heavy (non-hydrogen) atoms. The third kappa shape index (κ3) is 3.24. The lowest BCUT2D eigenvalue weighted by Gasteiger charge is -2.28. The molecule has 1 nitrogen and oxygen atoms in total. The highest BCUT2D eigenvalue weighted by Crippen LogP contribution is 2.30. The first-order chi connectivity index (χ1) is 8.19. The van der Waals surface area contributed by atoms with Gasteiger partial charge in [-0.15, -0.1) is 0 Å². The smallest absolute Gasteiger partial charge is 0.122 e. The van der Waals surface area contributed by atoms with Crippen molar-refractivity contribution in [3.8, 4) is 5.75 Å². The van der Waals surface area contributed by atoms with Crippen molar-refractivity contribution >= 4 is 0 Å². The molecule has 0 amide bonds. The predicted octanol–water partition coefficient (Wildman–Crippen LogP) is 4.65. The average molecular weight is 232 g/mol. The first kappa shape index (κ1) is 12.5. The molecule has 1 aliphatic rings. The molecule has 1 fully saturated rings. The summed E-state index contributed by atoms with van der Waals surface area (Å²) in [6.07, 6.45) is 6.91. The highest BCUT2D eigenvalue weighted by Gasteiger charge is 2.21. The van der Waals surface area contributed by atoms with Crippen molar-refractivity contribution in [2.45, 2.75) is 59.0 Å². The van der Waals surface area contributed by atoms with Gasteiger partial charge in [0, 0.05) is 0 Å². The summed E-state index contributed by atoms with van der Waals surface area (Å²) in [4.78, 5) is 0. The summed E-state index contributed by atoms with van der Waals surface area (Å²) in [5.74, 6) is 2.02. The van der Waals surface area contributed by atoms with Gasteiger partial charge < -0.3 is 4.74 Å². The van der Waals surface area contributed by atoms with E-state index in [0.29, 0.717) is 6.10 Å². The maximum absolute atomic E-state index is 6.13. The molecule has 0 aliphatic heterocycles. The van der Waals surface area contributed by atoms with Gasteiger partial charge in [0.1, 0.15) is 5.75 Å². The Labute approximate surface area is 105 Å². The van der Waals surface area contributed by atoms with Crippen LogP contribution in [-0.2, 0) is 0 Å². The normalized spacial score (nSPS) is 24.6. The van der Waals surface area contributed by atoms with Crippen molar-refractivity contribution in [1.29, 1.82) is 0 Å². The molecular weight excluding hydrogens is 208 g/mol. The third-order valence-corrected chi connectivity index (χ3v) is 4.00. The number of rotatable bonds is 3. The van der Waals surface area contributed by atoms with Gasteiger partial charge in [-0.3, -0.25) is 0 Å². The van der Waals surface area contributed by atoms with Gasteiger partial charge in [0.25, 0.3) is 0 Å². The van der Waals surface area contributed by atoms with E-state index in [1.165, 1.54) is 43.2 Å². The maximum Gasteiger partial charge on any atom is 0.122 e. The van der Waals surface area contributed by atoms with E-state index < -0.39 is 0 Å². The first-order valence-corrected chi connectivity index (χ1v) is 6.93. The Morgan fingerprint density at radius 2 is 1.82 bits per heavy atom. The minimum atomic E-state index is 0.444. The molecule has 0 N–H and O–H groups in total. The Kier molecular flexibility index (Phi) is 4.09. The summed E-state index contributed by atoms with van der Waals surface area (Å²) in [7, 11) is 0.